The Morgan fingerprint density at radius 1 is 0.360 bits per heavy atom. The predicted molar refractivity (Wildman–Crippen MR) is 214 cm³/mol. The van der Waals surface area contributed by atoms with Crippen LogP contribution in [0.15, 0.2) is 182 Å². The largest absolute Gasteiger partial charge is 0.309 e. The van der Waals surface area contributed by atoms with E-state index in [1.807, 2.05) is 0 Å². The van der Waals surface area contributed by atoms with Crippen molar-refractivity contribution in [2.45, 2.75) is 6.92 Å². The Hall–Kier alpha value is -6.44. The van der Waals surface area contributed by atoms with Crippen LogP contribution in [0.5, 0.6) is 0 Å². The Labute approximate surface area is 291 Å². The zero-order chi connectivity index (χ0) is 33.2. The lowest BCUT2D eigenvalue weighted by molar-refractivity contribution is 1.18. The molecule has 0 saturated heterocycles. The number of hydrogen-bond donors (Lipinski definition) is 0. The van der Waals surface area contributed by atoms with Gasteiger partial charge in [-0.15, -0.1) is 0 Å². The van der Waals surface area contributed by atoms with Crippen molar-refractivity contribution in [3.05, 3.63) is 188 Å². The Morgan fingerprint density at radius 2 is 0.940 bits per heavy atom. The molecule has 10 rings (SSSR count). The lowest BCUT2D eigenvalue weighted by Gasteiger charge is -2.20. The minimum absolute atomic E-state index is 1.17. The van der Waals surface area contributed by atoms with Crippen molar-refractivity contribution in [2.75, 3.05) is 0 Å². The van der Waals surface area contributed by atoms with Gasteiger partial charge in [0.05, 0.1) is 11.0 Å². The van der Waals surface area contributed by atoms with Crippen molar-refractivity contribution in [1.82, 2.24) is 4.57 Å². The Balaban J connectivity index is 1.34. The van der Waals surface area contributed by atoms with Crippen LogP contribution in [0.25, 0.3) is 93.2 Å². The van der Waals surface area contributed by atoms with E-state index in [9.17, 15) is 0 Å². The monoisotopic (exact) mass is 635 g/mol. The molecule has 0 spiro atoms. The van der Waals surface area contributed by atoms with E-state index < -0.39 is 0 Å². The van der Waals surface area contributed by atoms with E-state index in [0.717, 1.165) is 0 Å². The van der Waals surface area contributed by atoms with Gasteiger partial charge in [-0.2, -0.15) is 0 Å². The van der Waals surface area contributed by atoms with Gasteiger partial charge in [0.25, 0.3) is 0 Å². The van der Waals surface area contributed by atoms with Crippen LogP contribution in [0, 0.1) is 6.92 Å². The van der Waals surface area contributed by atoms with Crippen molar-refractivity contribution in [3.63, 3.8) is 0 Å². The summed E-state index contributed by atoms with van der Waals surface area (Å²) in [6, 6.07) is 66.9. The van der Waals surface area contributed by atoms with Gasteiger partial charge >= 0.3 is 0 Å². The van der Waals surface area contributed by atoms with E-state index in [4.69, 9.17) is 0 Å². The van der Waals surface area contributed by atoms with Crippen molar-refractivity contribution in [2.24, 2.45) is 0 Å². The van der Waals surface area contributed by atoms with E-state index in [1.165, 1.54) is 98.8 Å². The van der Waals surface area contributed by atoms with Crippen LogP contribution in [0.4, 0.5) is 0 Å². The topological polar surface area (TPSA) is 4.93 Å². The molecule has 0 fully saturated rings. The van der Waals surface area contributed by atoms with Crippen molar-refractivity contribution < 1.29 is 0 Å². The van der Waals surface area contributed by atoms with E-state index >= 15 is 0 Å². The van der Waals surface area contributed by atoms with Crippen LogP contribution in [0.3, 0.4) is 0 Å². The molecule has 0 amide bonds. The lowest BCUT2D eigenvalue weighted by atomic mass is 9.84. The van der Waals surface area contributed by atoms with Gasteiger partial charge in [0.1, 0.15) is 0 Å². The molecule has 0 aliphatic heterocycles. The Morgan fingerprint density at radius 3 is 1.64 bits per heavy atom. The van der Waals surface area contributed by atoms with Gasteiger partial charge in [0.2, 0.25) is 0 Å². The van der Waals surface area contributed by atoms with Gasteiger partial charge < -0.3 is 4.57 Å². The minimum Gasteiger partial charge on any atom is -0.309 e. The van der Waals surface area contributed by atoms with Crippen LogP contribution >= 0.6 is 0 Å². The maximum absolute atomic E-state index is 2.46. The summed E-state index contributed by atoms with van der Waals surface area (Å²) in [4.78, 5) is 0. The fraction of sp³-hybridized carbons (Fsp3) is 0.0204. The molecule has 1 aromatic heterocycles. The third kappa shape index (κ3) is 4.34. The molecule has 9 aromatic carbocycles. The molecule has 234 valence electrons. The molecular formula is C49H33N. The molecule has 10 aromatic rings. The molecule has 0 bridgehead atoms. The lowest BCUT2D eigenvalue weighted by Crippen LogP contribution is -1.97. The molecule has 50 heavy (non-hydrogen) atoms. The molecular weight excluding hydrogens is 603 g/mol. The summed E-state index contributed by atoms with van der Waals surface area (Å²) in [6.45, 7) is 2.19. The second kappa shape index (κ2) is 11.3. The number of aryl methyl sites for hydroxylation is 1. The van der Waals surface area contributed by atoms with Crippen LogP contribution in [-0.4, -0.2) is 4.57 Å². The fourth-order valence-electron chi connectivity index (χ4n) is 8.24. The summed E-state index contributed by atoms with van der Waals surface area (Å²) < 4.78 is 2.46. The summed E-state index contributed by atoms with van der Waals surface area (Å²) in [7, 11) is 0. The predicted octanol–water partition coefficient (Wildman–Crippen LogP) is 13.6. The summed E-state index contributed by atoms with van der Waals surface area (Å²) in [5.74, 6) is 0. The molecule has 0 saturated carbocycles. The first-order valence-electron chi connectivity index (χ1n) is 17.4. The number of fused-ring (bicyclic) bond motifs is 6. The Kier molecular flexibility index (Phi) is 6.47. The molecule has 0 N–H and O–H groups in total. The van der Waals surface area contributed by atoms with E-state index in [-0.39, 0.29) is 0 Å². The molecule has 0 atom stereocenters. The first-order valence-corrected chi connectivity index (χ1v) is 17.4. The minimum atomic E-state index is 1.17. The van der Waals surface area contributed by atoms with Crippen LogP contribution in [0.1, 0.15) is 5.56 Å². The molecule has 1 nitrogen and oxygen atoms in total. The van der Waals surface area contributed by atoms with Gasteiger partial charge in [0, 0.05) is 22.0 Å². The van der Waals surface area contributed by atoms with Gasteiger partial charge in [0.15, 0.2) is 0 Å². The molecule has 0 aliphatic rings. The first kappa shape index (κ1) is 28.6. The first-order chi connectivity index (χ1) is 24.7. The maximum Gasteiger partial charge on any atom is 0.0619 e. The average Bonchev–Trinajstić information content (AvgIpc) is 3.51. The molecule has 0 radical (unpaired) electrons. The highest BCUT2D eigenvalue weighted by atomic mass is 15.0. The maximum atomic E-state index is 2.46. The van der Waals surface area contributed by atoms with Crippen molar-refractivity contribution in [1.29, 1.82) is 0 Å². The van der Waals surface area contributed by atoms with Crippen LogP contribution in [-0.2, 0) is 0 Å². The third-order valence-electron chi connectivity index (χ3n) is 10.4. The normalized spacial score (nSPS) is 11.7. The summed E-state index contributed by atoms with van der Waals surface area (Å²) in [5.41, 5.74) is 12.4. The molecule has 1 heterocycles. The molecule has 0 aliphatic carbocycles. The number of benzene rings is 9. The number of rotatable bonds is 4. The third-order valence-corrected chi connectivity index (χ3v) is 10.4. The van der Waals surface area contributed by atoms with Crippen molar-refractivity contribution >= 4 is 54.1 Å². The zero-order valence-corrected chi connectivity index (χ0v) is 27.8. The highest BCUT2D eigenvalue weighted by Gasteiger charge is 2.22. The van der Waals surface area contributed by atoms with Crippen LogP contribution in [0.2, 0.25) is 0 Å². The summed E-state index contributed by atoms with van der Waals surface area (Å²) >= 11 is 0. The van der Waals surface area contributed by atoms with Gasteiger partial charge in [-0.1, -0.05) is 157 Å². The molecule has 0 unspecified atom stereocenters. The quantitative estimate of drug-likeness (QED) is 0.170. The van der Waals surface area contributed by atoms with Gasteiger partial charge in [-0.25, -0.2) is 0 Å². The smallest absolute Gasteiger partial charge is 0.0619 e. The SMILES string of the molecule is Cc1ccc2c(c1)c1cccc(-c3c4ccccc4c(-c4cccc5ccc(-c6ccccc6)cc45)c4ccccc34)c1n2-c1ccccc1. The number of aromatic nitrogens is 1. The Bertz CT molecular complexity index is 2860. The average molecular weight is 636 g/mol. The number of nitrogens with zero attached hydrogens (tertiary/aromatic N) is 1. The van der Waals surface area contributed by atoms with Crippen LogP contribution < -0.4 is 0 Å². The zero-order valence-electron chi connectivity index (χ0n) is 27.8. The molecule has 1 heteroatoms. The van der Waals surface area contributed by atoms with Gasteiger partial charge in [-0.3, -0.25) is 0 Å². The van der Waals surface area contributed by atoms with E-state index in [0.29, 0.717) is 0 Å². The number of para-hydroxylation sites is 2. The number of hydrogen-bond acceptors (Lipinski definition) is 0. The van der Waals surface area contributed by atoms with Gasteiger partial charge in [-0.05, 0) is 97.4 Å². The van der Waals surface area contributed by atoms with Crippen molar-refractivity contribution in [3.8, 4) is 39.1 Å². The highest BCUT2D eigenvalue weighted by Crippen LogP contribution is 2.48. The summed E-state index contributed by atoms with van der Waals surface area (Å²) in [6.07, 6.45) is 0. The fourth-order valence-corrected chi connectivity index (χ4v) is 8.24. The standard InChI is InChI=1S/C49H33N/c1-32-26-29-46-45(30-32)42-24-13-25-43(49(42)50(46)36-17-6-3-7-18-36)48-39-21-10-8-19-37(39)47(38-20-9-11-22-40(38)48)41-23-12-16-34-27-28-35(31-44(34)41)33-14-4-2-5-15-33/h2-31H,1H3. The second-order valence-corrected chi connectivity index (χ2v) is 13.3. The second-order valence-electron chi connectivity index (χ2n) is 13.3. The highest BCUT2D eigenvalue weighted by molar-refractivity contribution is 6.26. The van der Waals surface area contributed by atoms with E-state index in [2.05, 4.69) is 193 Å². The summed E-state index contributed by atoms with van der Waals surface area (Å²) in [5, 5.41) is 10.1. The van der Waals surface area contributed by atoms with E-state index in [1.54, 1.807) is 0 Å².